The second-order valence-corrected chi connectivity index (χ2v) is 5.11. The molecule has 0 unspecified atom stereocenters. The van der Waals surface area contributed by atoms with Crippen LogP contribution in [0.4, 0.5) is 5.13 Å². The van der Waals surface area contributed by atoms with Crippen LogP contribution in [0.3, 0.4) is 0 Å². The summed E-state index contributed by atoms with van der Waals surface area (Å²) in [7, 11) is 0. The van der Waals surface area contributed by atoms with Gasteiger partial charge in [0.2, 0.25) is 0 Å². The van der Waals surface area contributed by atoms with Crippen molar-refractivity contribution in [3.63, 3.8) is 0 Å². The quantitative estimate of drug-likeness (QED) is 0.664. The van der Waals surface area contributed by atoms with Gasteiger partial charge in [-0.05, 0) is 19.4 Å². The number of nitrogen functional groups attached to an aromatic ring is 1. The number of amides is 1. The van der Waals surface area contributed by atoms with Crippen LogP contribution in [0.2, 0.25) is 0 Å². The van der Waals surface area contributed by atoms with Gasteiger partial charge >= 0.3 is 0 Å². The maximum Gasteiger partial charge on any atom is 0.283 e. The van der Waals surface area contributed by atoms with Crippen molar-refractivity contribution in [3.05, 3.63) is 46.0 Å². The van der Waals surface area contributed by atoms with Crippen LogP contribution in [-0.2, 0) is 0 Å². The first kappa shape index (κ1) is 13.2. The summed E-state index contributed by atoms with van der Waals surface area (Å²) in [5, 5.41) is 4.30. The van der Waals surface area contributed by atoms with Crippen LogP contribution in [0.1, 0.15) is 26.5 Å². The number of aromatic nitrogens is 1. The van der Waals surface area contributed by atoms with Gasteiger partial charge in [0, 0.05) is 0 Å². The van der Waals surface area contributed by atoms with Crippen molar-refractivity contribution in [3.8, 4) is 0 Å². The zero-order valence-electron chi connectivity index (χ0n) is 10.7. The summed E-state index contributed by atoms with van der Waals surface area (Å²) >= 11 is 1.15. The Morgan fingerprint density at radius 2 is 2.26 bits per heavy atom. The third-order valence-electron chi connectivity index (χ3n) is 2.44. The van der Waals surface area contributed by atoms with E-state index in [-0.39, 0.29) is 5.91 Å². The molecule has 0 aliphatic heterocycles. The van der Waals surface area contributed by atoms with E-state index in [0.29, 0.717) is 15.7 Å². The number of carbonyl (C=O) groups excluding carboxylic acids is 1. The molecule has 2 rings (SSSR count). The highest BCUT2D eigenvalue weighted by Gasteiger charge is 2.12. The lowest BCUT2D eigenvalue weighted by atomic mass is 10.2. The Morgan fingerprint density at radius 3 is 2.89 bits per heavy atom. The van der Waals surface area contributed by atoms with Gasteiger partial charge in [-0.1, -0.05) is 41.2 Å². The first-order valence-corrected chi connectivity index (χ1v) is 6.51. The van der Waals surface area contributed by atoms with Gasteiger partial charge in [-0.25, -0.2) is 10.4 Å². The molecule has 0 bridgehead atoms. The van der Waals surface area contributed by atoms with E-state index < -0.39 is 0 Å². The topological polar surface area (TPSA) is 80.4 Å². The fraction of sp³-hybridized carbons (Fsp3) is 0.154. The van der Waals surface area contributed by atoms with Gasteiger partial charge in [-0.3, -0.25) is 4.79 Å². The van der Waals surface area contributed by atoms with Gasteiger partial charge < -0.3 is 5.73 Å². The van der Waals surface area contributed by atoms with E-state index in [1.54, 1.807) is 13.1 Å². The van der Waals surface area contributed by atoms with Crippen molar-refractivity contribution in [2.45, 2.75) is 13.8 Å². The van der Waals surface area contributed by atoms with E-state index in [0.717, 1.165) is 22.5 Å². The monoisotopic (exact) mass is 274 g/mol. The fourth-order valence-corrected chi connectivity index (χ4v) is 2.32. The molecule has 0 aliphatic rings. The molecular weight excluding hydrogens is 260 g/mol. The average molecular weight is 274 g/mol. The molecule has 0 saturated carbocycles. The molecule has 0 spiro atoms. The maximum absolute atomic E-state index is 11.8. The third kappa shape index (κ3) is 3.38. The highest BCUT2D eigenvalue weighted by Crippen LogP contribution is 2.19. The lowest BCUT2D eigenvalue weighted by Gasteiger charge is -1.97. The second-order valence-electron chi connectivity index (χ2n) is 4.08. The predicted molar refractivity (Wildman–Crippen MR) is 77.5 cm³/mol. The van der Waals surface area contributed by atoms with E-state index in [9.17, 15) is 4.79 Å². The smallest absolute Gasteiger partial charge is 0.283 e. The number of hydrazone groups is 1. The lowest BCUT2D eigenvalue weighted by molar-refractivity contribution is 0.0958. The zero-order chi connectivity index (χ0) is 13.8. The number of hydrogen-bond donors (Lipinski definition) is 2. The predicted octanol–water partition coefficient (Wildman–Crippen LogP) is 2.11. The molecule has 0 aliphatic carbocycles. The second kappa shape index (κ2) is 5.62. The van der Waals surface area contributed by atoms with Crippen molar-refractivity contribution < 1.29 is 4.79 Å². The molecule has 0 atom stereocenters. The number of aryl methyl sites for hydroxylation is 2. The molecule has 0 radical (unpaired) electrons. The summed E-state index contributed by atoms with van der Waals surface area (Å²) < 4.78 is 0. The summed E-state index contributed by atoms with van der Waals surface area (Å²) in [5.74, 6) is -0.296. The summed E-state index contributed by atoms with van der Waals surface area (Å²) in [6.45, 7) is 3.74. The average Bonchev–Trinajstić information content (AvgIpc) is 2.68. The molecular formula is C13H14N4OS. The Labute approximate surface area is 115 Å². The Hall–Kier alpha value is -2.21. The van der Waals surface area contributed by atoms with Crippen LogP contribution in [-0.4, -0.2) is 17.1 Å². The van der Waals surface area contributed by atoms with Gasteiger partial charge in [0.15, 0.2) is 5.13 Å². The summed E-state index contributed by atoms with van der Waals surface area (Å²) in [4.78, 5) is 16.3. The van der Waals surface area contributed by atoms with Crippen molar-refractivity contribution in [1.82, 2.24) is 10.4 Å². The number of carbonyl (C=O) groups is 1. The van der Waals surface area contributed by atoms with Gasteiger partial charge in [0.25, 0.3) is 5.91 Å². The van der Waals surface area contributed by atoms with Crippen LogP contribution in [0.5, 0.6) is 0 Å². The van der Waals surface area contributed by atoms with Crippen molar-refractivity contribution in [2.24, 2.45) is 5.10 Å². The van der Waals surface area contributed by atoms with Crippen molar-refractivity contribution in [1.29, 1.82) is 0 Å². The molecule has 1 heterocycles. The number of anilines is 1. The summed E-state index contributed by atoms with van der Waals surface area (Å²) in [6, 6.07) is 7.83. The minimum absolute atomic E-state index is 0.296. The minimum Gasteiger partial charge on any atom is -0.375 e. The van der Waals surface area contributed by atoms with Crippen LogP contribution in [0.15, 0.2) is 29.4 Å². The first-order valence-electron chi connectivity index (χ1n) is 5.69. The minimum atomic E-state index is -0.296. The molecule has 1 aromatic carbocycles. The van der Waals surface area contributed by atoms with Crippen LogP contribution >= 0.6 is 11.3 Å². The molecule has 19 heavy (non-hydrogen) atoms. The van der Waals surface area contributed by atoms with Crippen LogP contribution < -0.4 is 11.2 Å². The van der Waals surface area contributed by atoms with Gasteiger partial charge in [0.1, 0.15) is 4.88 Å². The Morgan fingerprint density at radius 1 is 1.47 bits per heavy atom. The molecule has 5 nitrogen and oxygen atoms in total. The number of rotatable bonds is 3. The van der Waals surface area contributed by atoms with Gasteiger partial charge in [0.05, 0.1) is 11.9 Å². The highest BCUT2D eigenvalue weighted by atomic mass is 32.1. The summed E-state index contributed by atoms with van der Waals surface area (Å²) in [6.07, 6.45) is 1.60. The normalized spacial score (nSPS) is 10.8. The number of hydrogen-bond acceptors (Lipinski definition) is 5. The van der Waals surface area contributed by atoms with E-state index in [1.807, 2.05) is 31.2 Å². The zero-order valence-corrected chi connectivity index (χ0v) is 11.5. The molecule has 0 saturated heterocycles. The van der Waals surface area contributed by atoms with Gasteiger partial charge in [-0.2, -0.15) is 5.10 Å². The molecule has 1 aromatic heterocycles. The molecule has 1 amide bonds. The maximum atomic E-state index is 11.8. The lowest BCUT2D eigenvalue weighted by Crippen LogP contribution is -2.17. The molecule has 98 valence electrons. The summed E-state index contributed by atoms with van der Waals surface area (Å²) in [5.41, 5.74) is 10.7. The van der Waals surface area contributed by atoms with E-state index >= 15 is 0 Å². The van der Waals surface area contributed by atoms with Crippen molar-refractivity contribution >= 4 is 28.6 Å². The van der Waals surface area contributed by atoms with E-state index in [4.69, 9.17) is 5.73 Å². The largest absolute Gasteiger partial charge is 0.375 e. The number of nitrogens with one attached hydrogen (secondary N) is 1. The molecule has 2 aromatic rings. The van der Waals surface area contributed by atoms with E-state index in [1.165, 1.54) is 0 Å². The Kier molecular flexibility index (Phi) is 3.91. The molecule has 3 N–H and O–H groups in total. The fourth-order valence-electron chi connectivity index (χ4n) is 1.59. The Balaban J connectivity index is 2.03. The van der Waals surface area contributed by atoms with Crippen molar-refractivity contribution in [2.75, 3.05) is 5.73 Å². The SMILES string of the molecule is Cc1cccc(/C=N\NC(=O)c2sc(N)nc2C)c1. The van der Waals surface area contributed by atoms with E-state index in [2.05, 4.69) is 15.5 Å². The molecule has 0 fully saturated rings. The number of thiazole rings is 1. The number of nitrogens with two attached hydrogens (primary N) is 1. The molecule has 6 heteroatoms. The third-order valence-corrected chi connectivity index (χ3v) is 3.43. The number of benzene rings is 1. The van der Waals surface area contributed by atoms with Crippen LogP contribution in [0, 0.1) is 13.8 Å². The van der Waals surface area contributed by atoms with Crippen LogP contribution in [0.25, 0.3) is 0 Å². The number of nitrogens with zero attached hydrogens (tertiary/aromatic N) is 2. The highest BCUT2D eigenvalue weighted by molar-refractivity contribution is 7.17. The Bertz CT molecular complexity index is 633. The van der Waals surface area contributed by atoms with Gasteiger partial charge in [-0.15, -0.1) is 0 Å². The standard InChI is InChI=1S/C13H14N4OS/c1-8-4-3-5-10(6-8)7-15-17-12(18)11-9(2)16-13(14)19-11/h3-7H,1-2H3,(H2,14,16)(H,17,18)/b15-7-. The first-order chi connectivity index (χ1) is 9.06.